The predicted octanol–water partition coefficient (Wildman–Crippen LogP) is 2.47. The van der Waals surface area contributed by atoms with Crippen molar-refractivity contribution < 1.29 is 170 Å². The molecule has 0 unspecified atom stereocenters. The van der Waals surface area contributed by atoms with Crippen molar-refractivity contribution in [2.45, 2.75) is 208 Å². The van der Waals surface area contributed by atoms with Crippen LogP contribution in [0.15, 0.2) is 82.8 Å². The molecule has 1 aromatic heterocycles. The number of aromatic hydroxyl groups is 1. The van der Waals surface area contributed by atoms with Gasteiger partial charge in [0, 0.05) is 48.3 Å². The number of hydrogen-bond acceptors (Lipinski definition) is 25. The Morgan fingerprint density at radius 1 is 0.489 bits per heavy atom. The Labute approximate surface area is 738 Å². The van der Waals surface area contributed by atoms with Crippen molar-refractivity contribution in [3.8, 4) is 5.75 Å². The van der Waals surface area contributed by atoms with E-state index in [0.717, 1.165) is 28.6 Å². The number of alkyl halides is 12. The molecule has 0 saturated heterocycles. The smallest absolute Gasteiger partial charge is 0.490 e. The quantitative estimate of drug-likeness (QED) is 0.00575. The molecule has 0 radical (unpaired) electrons. The van der Waals surface area contributed by atoms with Gasteiger partial charge in [-0.1, -0.05) is 58.0 Å². The number of carbonyl (C=O) groups excluding carboxylic acids is 9. The summed E-state index contributed by atoms with van der Waals surface area (Å²) in [5.74, 6) is -24.5. The van der Waals surface area contributed by atoms with E-state index in [-0.39, 0.29) is 99.9 Å². The van der Waals surface area contributed by atoms with Crippen molar-refractivity contribution in [2.75, 3.05) is 25.4 Å². The highest BCUT2D eigenvalue weighted by atomic mass is 32.2. The second-order valence-corrected chi connectivity index (χ2v) is 29.6. The molecule has 4 rings (SSSR count). The number of nitro groups is 2. The number of unbranched alkanes of at least 4 members (excludes halogenated alkanes) is 2. The monoisotopic (exact) mass is 1920 g/mol. The standard InChI is InChI=1S/C66H96N18O18S.4C2HF3O2/c1-35(2)29-49(61(93)78-48(65(97)98)16-9-11-27-68)79-56(88)37(5)74-63(95)51(34-103-53-24-20-40(83(99)100)32-52(53)84(101)102)81-58(90)45(15-8-10-26-67)76-59(91)47(23-25-54(86)87)77-62(94)50(30-38-18-21-41(85)22-19-38)80-64(96)55(36(3)4)82-60(92)46(17-12-28-72-66(70)71)75-57(89)43(69)31-39-33-73-44-14-7-6-13-42(39)44;4*3-2(4,5)1(6)7/h6-7,13-14,18-22,24,32-33,35-37,43,45-51,55,73,85H,8-12,15-17,23,25-31,34,67-69H2,1-5H3,(H,74,95)(H,75,89)(H,76,91)(H,77,94)(H,78,93)(H,79,88)(H,80,96)(H,81,90)(H,82,92)(H,86,87)(H,97,98)(H4,70,71,72);4*(H,6,7)/t37-,43-,45-,46-,47-,48-,49-,50-,51-,55-;;;;/m0..../s1. The second-order valence-electron chi connectivity index (χ2n) is 28.5. The summed E-state index contributed by atoms with van der Waals surface area (Å²) in [7, 11) is 0. The number of aliphatic carboxylic acids is 6. The molecule has 0 aliphatic rings. The third-order valence-corrected chi connectivity index (χ3v) is 18.3. The lowest BCUT2D eigenvalue weighted by atomic mass is 9.99. The lowest BCUT2D eigenvalue weighted by Crippen LogP contribution is -2.61. The first-order valence-corrected chi connectivity index (χ1v) is 39.5. The molecule has 131 heavy (non-hydrogen) atoms. The number of phenols is 1. The van der Waals surface area contributed by atoms with E-state index in [1.165, 1.54) is 31.2 Å². The number of aromatic amines is 1. The van der Waals surface area contributed by atoms with Crippen LogP contribution in [0, 0.1) is 32.1 Å². The maximum Gasteiger partial charge on any atom is 0.490 e. The lowest BCUT2D eigenvalue weighted by Gasteiger charge is -2.29. The normalized spacial score (nSPS) is 13.5. The van der Waals surface area contributed by atoms with Crippen LogP contribution in [0.5, 0.6) is 5.75 Å². The number of H-pyrrole nitrogens is 1. The Bertz CT molecular complexity index is 4470. The first-order valence-electron chi connectivity index (χ1n) is 38.5. The Balaban J connectivity index is 0.00000517. The number of hydrogen-bond donors (Lipinski definition) is 22. The molecule has 0 fully saturated rings. The molecule has 4 aromatic rings. The predicted molar refractivity (Wildman–Crippen MR) is 435 cm³/mol. The van der Waals surface area contributed by atoms with E-state index in [9.17, 15) is 141 Å². The van der Waals surface area contributed by atoms with Crippen LogP contribution in [-0.2, 0) is 84.8 Å². The molecule has 1 heterocycles. The zero-order valence-corrected chi connectivity index (χ0v) is 70.8. The number of nitro benzene ring substituents is 2. The minimum atomic E-state index is -5.08. The van der Waals surface area contributed by atoms with Gasteiger partial charge < -0.3 is 117 Å². The number of amides is 9. The molecule has 27 N–H and O–H groups in total. The summed E-state index contributed by atoms with van der Waals surface area (Å²) >= 11 is 0.587. The van der Waals surface area contributed by atoms with Gasteiger partial charge in [-0.2, -0.15) is 52.7 Å². The highest BCUT2D eigenvalue weighted by Gasteiger charge is 2.42. The molecule has 0 aliphatic carbocycles. The van der Waals surface area contributed by atoms with Crippen LogP contribution in [0.25, 0.3) is 10.9 Å². The molecular weight excluding hydrogens is 1820 g/mol. The van der Waals surface area contributed by atoms with E-state index >= 15 is 0 Å². The van der Waals surface area contributed by atoms with Gasteiger partial charge in [0.05, 0.1) is 26.9 Å². The SMILES string of the molecule is CC(C)C[C@H](NC(=O)[C@H](C)NC(=O)[C@H](CSc1ccc([N+](=O)[O-])cc1[N+](=O)[O-])NC(=O)[C@H](CCCCN)NC(=O)[C@H](CCC(=O)O)NC(=O)[C@H](Cc1ccc(O)cc1)NC(=O)[C@@H](NC(=O)[C@H](CCCN=C(N)N)NC(=O)[C@@H](N)Cc1c[nH]c2ccccc12)C(C)C)C(=O)N[C@@H](CCCCN)C(=O)O.O=C(O)C(F)(F)F.O=C(O)C(F)(F)F.O=C(O)C(F)(F)F.O=C(O)C(F)(F)F. The van der Waals surface area contributed by atoms with Crippen LogP contribution in [0.3, 0.4) is 0 Å². The maximum absolute atomic E-state index is 14.8. The number of carbonyl (C=O) groups is 15. The number of fused-ring (bicyclic) bond motifs is 1. The summed E-state index contributed by atoms with van der Waals surface area (Å²) in [5.41, 5.74) is 29.3. The molecule has 44 nitrogen and oxygen atoms in total. The summed E-state index contributed by atoms with van der Waals surface area (Å²) in [4.78, 5) is 218. The molecule has 0 saturated carbocycles. The topological polar surface area (TPSA) is 750 Å². The number of nitrogens with zero attached hydrogens (tertiary/aromatic N) is 3. The second kappa shape index (κ2) is 56.7. The molecule has 10 atom stereocenters. The highest BCUT2D eigenvalue weighted by molar-refractivity contribution is 7.99. The van der Waals surface area contributed by atoms with Crippen molar-refractivity contribution in [3.63, 3.8) is 0 Å². The van der Waals surface area contributed by atoms with Gasteiger partial charge in [0.15, 0.2) is 5.96 Å². The molecule has 3 aromatic carbocycles. The third kappa shape index (κ3) is 46.9. The van der Waals surface area contributed by atoms with Crippen LogP contribution < -0.4 is 76.5 Å². The van der Waals surface area contributed by atoms with Crippen LogP contribution in [0.4, 0.5) is 64.1 Å². The fourth-order valence-corrected chi connectivity index (χ4v) is 11.6. The van der Waals surface area contributed by atoms with Gasteiger partial charge >= 0.3 is 60.5 Å². The number of benzene rings is 3. The average molecular weight is 1920 g/mol. The molecule has 732 valence electrons. The van der Waals surface area contributed by atoms with E-state index in [0.29, 0.717) is 36.2 Å². The van der Waals surface area contributed by atoms with Gasteiger partial charge in [-0.15, -0.1) is 11.8 Å². The minimum Gasteiger partial charge on any atom is -0.508 e. The fourth-order valence-electron chi connectivity index (χ4n) is 10.6. The van der Waals surface area contributed by atoms with Gasteiger partial charge in [0.2, 0.25) is 53.2 Å². The Morgan fingerprint density at radius 3 is 1.36 bits per heavy atom. The van der Waals surface area contributed by atoms with E-state index in [1.54, 1.807) is 33.9 Å². The van der Waals surface area contributed by atoms with Crippen LogP contribution in [-0.4, -0.2) is 256 Å². The molecular formula is C74H100F12N18O26S. The number of phenolic OH excluding ortho intramolecular Hbond substituents is 1. The largest absolute Gasteiger partial charge is 0.508 e. The van der Waals surface area contributed by atoms with Gasteiger partial charge in [-0.05, 0) is 138 Å². The Hall–Kier alpha value is -13.5. The van der Waals surface area contributed by atoms with Gasteiger partial charge in [-0.3, -0.25) is 73.2 Å². The number of thioether (sulfide) groups is 1. The first-order chi connectivity index (χ1) is 60.5. The Morgan fingerprint density at radius 2 is 0.908 bits per heavy atom. The number of para-hydroxylation sites is 1. The molecule has 0 bridgehead atoms. The molecule has 9 amide bonds. The minimum absolute atomic E-state index is 0.00751. The third-order valence-electron chi connectivity index (χ3n) is 17.2. The van der Waals surface area contributed by atoms with Crippen molar-refractivity contribution >= 4 is 129 Å². The summed E-state index contributed by atoms with van der Waals surface area (Å²) in [6.07, 6.45) is -19.2. The number of nitrogens with one attached hydrogen (secondary N) is 10. The van der Waals surface area contributed by atoms with Gasteiger partial charge in [-0.25, -0.2) is 24.0 Å². The van der Waals surface area contributed by atoms with Crippen molar-refractivity contribution in [1.29, 1.82) is 0 Å². The van der Waals surface area contributed by atoms with Crippen LogP contribution >= 0.6 is 11.8 Å². The van der Waals surface area contributed by atoms with Crippen molar-refractivity contribution in [2.24, 2.45) is 45.5 Å². The number of carboxylic acid groups (broad SMARTS) is 6. The lowest BCUT2D eigenvalue weighted by molar-refractivity contribution is -0.396. The fraction of sp³-hybridized carbons (Fsp3) is 0.514. The van der Waals surface area contributed by atoms with Gasteiger partial charge in [0.1, 0.15) is 60.1 Å². The van der Waals surface area contributed by atoms with Gasteiger partial charge in [0.25, 0.3) is 11.4 Å². The van der Waals surface area contributed by atoms with Crippen LogP contribution in [0.2, 0.25) is 0 Å². The number of rotatable bonds is 46. The number of guanidine groups is 1. The van der Waals surface area contributed by atoms with E-state index < -0.39 is 220 Å². The highest BCUT2D eigenvalue weighted by Crippen LogP contribution is 2.33. The van der Waals surface area contributed by atoms with E-state index in [1.807, 2.05) is 24.3 Å². The number of halogens is 12. The van der Waals surface area contributed by atoms with E-state index in [2.05, 4.69) is 57.8 Å². The molecule has 57 heteroatoms. The summed E-state index contributed by atoms with van der Waals surface area (Å²) < 4.78 is 127. The van der Waals surface area contributed by atoms with Crippen molar-refractivity contribution in [1.82, 2.24) is 52.8 Å². The molecule has 0 aliphatic heterocycles. The summed E-state index contributed by atoms with van der Waals surface area (Å²) in [5, 5.41) is 106. The summed E-state index contributed by atoms with van der Waals surface area (Å²) in [6, 6.07) is 0.461. The number of aliphatic imine (C=N–C) groups is 1. The molecule has 0 spiro atoms. The van der Waals surface area contributed by atoms with Crippen molar-refractivity contribution in [3.05, 3.63) is 104 Å². The number of non-ortho nitro benzene ring substituents is 1. The number of carboxylic acids is 6. The number of nitrogens with two attached hydrogens (primary N) is 5. The maximum atomic E-state index is 14.8. The summed E-state index contributed by atoms with van der Waals surface area (Å²) in [6.45, 7) is 8.24. The zero-order chi connectivity index (χ0) is 101. The number of aromatic nitrogens is 1. The first kappa shape index (κ1) is 118. The van der Waals surface area contributed by atoms with Crippen LogP contribution in [0.1, 0.15) is 116 Å². The zero-order valence-electron chi connectivity index (χ0n) is 69.9. The Kier molecular flexibility index (Phi) is 50.9. The average Bonchev–Trinajstić information content (AvgIpc) is 1.75. The van der Waals surface area contributed by atoms with E-state index in [4.69, 9.17) is 68.3 Å².